The Morgan fingerprint density at radius 2 is 0.904 bits per heavy atom. The van der Waals surface area contributed by atoms with E-state index in [0.29, 0.717) is 4.90 Å². The first-order chi connectivity index (χ1) is 38.7. The third kappa shape index (κ3) is 4.25. The van der Waals surface area contributed by atoms with Crippen molar-refractivity contribution in [2.75, 3.05) is 4.90 Å². The molecule has 0 saturated carbocycles. The highest BCUT2D eigenvalue weighted by Gasteiger charge is 2.26. The maximum Gasteiger partial charge on any atom is 0.159 e. The van der Waals surface area contributed by atoms with E-state index < -0.39 is 292 Å². The third-order valence-corrected chi connectivity index (χ3v) is 8.54. The van der Waals surface area contributed by atoms with Gasteiger partial charge in [0.25, 0.3) is 0 Å². The Morgan fingerprint density at radius 1 is 0.346 bits per heavy atom. The molecule has 0 unspecified atom stereocenters. The average Bonchev–Trinajstić information content (AvgIpc) is 1.68. The van der Waals surface area contributed by atoms with Crippen molar-refractivity contribution in [3.63, 3.8) is 0 Å². The standard InChI is InChI=1S/C50H31NO/c1-3-13-32(14-4-1)33-25-27-35(28-26-33)51(46-30-29-40-37-18-8-7-17-36(37)39-21-11-23-43(46)48(39)40)47-24-12-22-42-45-31-44(34-15-5-2-6-16-34)38-19-9-10-20-41(38)49(45)52-50(42)47/h1-31H/i1D,2D,3D,4D,5D,6D,7D,8D,9D,10D,11D,12D,13D,14D,15D,16D,17D,18D,19D,20D,21D,22D,23D,24D,25D,26D,27D,28D,29D,30D,31D. The van der Waals surface area contributed by atoms with Gasteiger partial charge in [-0.25, -0.2) is 0 Å². The summed E-state index contributed by atoms with van der Waals surface area (Å²) in [5.41, 5.74) is -9.88. The van der Waals surface area contributed by atoms with Crippen LogP contribution in [0.1, 0.15) is 42.5 Å². The van der Waals surface area contributed by atoms with E-state index in [4.69, 9.17) is 29.1 Å². The molecule has 10 aromatic rings. The SMILES string of the molecule is [2H]c1c([2H])c([2H])c(-c2c([2H])c([2H])c(N(c3c([2H])c([2H])c([2H])c4c3oc3c5c([2H])c([2H])c([2H])c([2H])c5c(-c5c([2H])c([2H])c([2H])c([2H])c5[2H])c([2H])c34)c3c([2H])c([2H])c4c5c(c([2H])c([2H])c([2H])c35)-c3c([2H])c([2H])c([2H])c([2H])c3-4)c([2H])c2[2H])c([2H])c1[2H]. The third-order valence-electron chi connectivity index (χ3n) is 8.54. The second-order valence-electron chi connectivity index (χ2n) is 11.3. The summed E-state index contributed by atoms with van der Waals surface area (Å²) < 4.78 is 288. The van der Waals surface area contributed by atoms with Crippen LogP contribution in [-0.2, 0) is 0 Å². The second-order valence-corrected chi connectivity index (χ2v) is 11.3. The van der Waals surface area contributed by atoms with Crippen molar-refractivity contribution in [3.8, 4) is 44.5 Å². The minimum atomic E-state index is -1.25. The maximum atomic E-state index is 9.93. The van der Waals surface area contributed by atoms with Crippen LogP contribution in [0.4, 0.5) is 17.1 Å². The predicted molar refractivity (Wildman–Crippen MR) is 219 cm³/mol. The van der Waals surface area contributed by atoms with Gasteiger partial charge in [-0.15, -0.1) is 0 Å². The highest BCUT2D eigenvalue weighted by atomic mass is 16.3. The summed E-state index contributed by atoms with van der Waals surface area (Å²) in [6.45, 7) is 0. The molecular formula is C50H31NO. The van der Waals surface area contributed by atoms with Crippen LogP contribution in [-0.4, -0.2) is 0 Å². The van der Waals surface area contributed by atoms with Crippen LogP contribution in [0.2, 0.25) is 0 Å². The fourth-order valence-electron chi connectivity index (χ4n) is 6.36. The summed E-state index contributed by atoms with van der Waals surface area (Å²) in [5.74, 6) is 0. The van der Waals surface area contributed by atoms with E-state index in [9.17, 15) is 17.8 Å². The zero-order valence-electron chi connectivity index (χ0n) is 56.9. The Kier molecular flexibility index (Phi) is 2.57. The van der Waals surface area contributed by atoms with Crippen molar-refractivity contribution in [2.24, 2.45) is 0 Å². The lowest BCUT2D eigenvalue weighted by Gasteiger charge is -2.27. The number of anilines is 3. The topological polar surface area (TPSA) is 16.4 Å². The van der Waals surface area contributed by atoms with E-state index in [-0.39, 0.29) is 0 Å². The lowest BCUT2D eigenvalue weighted by Crippen LogP contribution is -2.11. The first-order valence-corrected chi connectivity index (χ1v) is 15.3. The number of hydrogen-bond donors (Lipinski definition) is 0. The molecule has 0 fully saturated rings. The van der Waals surface area contributed by atoms with Crippen LogP contribution < -0.4 is 4.90 Å². The van der Waals surface area contributed by atoms with Crippen LogP contribution in [0, 0.1) is 0 Å². The summed E-state index contributed by atoms with van der Waals surface area (Å²) in [5, 5.41) is -3.98. The first kappa shape index (κ1) is 11.8. The van der Waals surface area contributed by atoms with Gasteiger partial charge >= 0.3 is 0 Å². The van der Waals surface area contributed by atoms with E-state index >= 15 is 0 Å². The van der Waals surface area contributed by atoms with Gasteiger partial charge in [0, 0.05) is 27.2 Å². The molecule has 1 aromatic heterocycles. The van der Waals surface area contributed by atoms with Crippen molar-refractivity contribution in [2.45, 2.75) is 0 Å². The molecule has 9 aromatic carbocycles. The van der Waals surface area contributed by atoms with E-state index in [2.05, 4.69) is 0 Å². The fraction of sp³-hybridized carbons (Fsp3) is 0. The average molecular weight is 693 g/mol. The summed E-state index contributed by atoms with van der Waals surface area (Å²) in [6.07, 6.45) is 0. The van der Waals surface area contributed by atoms with E-state index in [1.54, 1.807) is 0 Å². The molecule has 1 aliphatic carbocycles. The molecule has 0 bridgehead atoms. The zero-order chi connectivity index (χ0) is 61.2. The summed E-state index contributed by atoms with van der Waals surface area (Å²) >= 11 is 0. The predicted octanol–water partition coefficient (Wildman–Crippen LogP) is 14.3. The van der Waals surface area contributed by atoms with E-state index in [0.717, 1.165) is 0 Å². The van der Waals surface area contributed by atoms with Crippen LogP contribution in [0.15, 0.2) is 192 Å². The van der Waals surface area contributed by atoms with Crippen molar-refractivity contribution in [1.82, 2.24) is 0 Å². The van der Waals surface area contributed by atoms with Crippen molar-refractivity contribution in [3.05, 3.63) is 187 Å². The Bertz CT molecular complexity index is 4690. The molecule has 0 radical (unpaired) electrons. The maximum absolute atomic E-state index is 9.93. The van der Waals surface area contributed by atoms with Crippen molar-refractivity contribution < 1.29 is 46.9 Å². The molecule has 242 valence electrons. The molecular weight excluding hydrogens is 631 g/mol. The summed E-state index contributed by atoms with van der Waals surface area (Å²) in [4.78, 5) is 0.497. The minimum Gasteiger partial charge on any atom is -0.453 e. The monoisotopic (exact) mass is 692 g/mol. The molecule has 2 heteroatoms. The Balaban J connectivity index is 1.43. The first-order valence-electron chi connectivity index (χ1n) is 30.8. The van der Waals surface area contributed by atoms with Crippen LogP contribution >= 0.6 is 0 Å². The van der Waals surface area contributed by atoms with Gasteiger partial charge in [0.1, 0.15) is 5.58 Å². The van der Waals surface area contributed by atoms with Crippen LogP contribution in [0.5, 0.6) is 0 Å². The van der Waals surface area contributed by atoms with Crippen LogP contribution in [0.3, 0.4) is 0 Å². The number of fused-ring (bicyclic) bond motifs is 8. The second kappa shape index (κ2) is 11.3. The van der Waals surface area contributed by atoms with Gasteiger partial charge in [0.05, 0.1) is 53.9 Å². The van der Waals surface area contributed by atoms with E-state index in [1.807, 2.05) is 0 Å². The van der Waals surface area contributed by atoms with Gasteiger partial charge in [-0.1, -0.05) is 157 Å². The Morgan fingerprint density at radius 3 is 1.67 bits per heavy atom. The molecule has 0 spiro atoms. The lowest BCUT2D eigenvalue weighted by molar-refractivity contribution is 0.673. The molecule has 2 nitrogen and oxygen atoms in total. The number of para-hydroxylation sites is 1. The number of furan rings is 1. The van der Waals surface area contributed by atoms with Gasteiger partial charge < -0.3 is 9.32 Å². The molecule has 1 aliphatic rings. The zero-order valence-corrected chi connectivity index (χ0v) is 25.9. The van der Waals surface area contributed by atoms with E-state index in [1.165, 1.54) is 0 Å². The van der Waals surface area contributed by atoms with Crippen LogP contribution in [0.25, 0.3) is 88.0 Å². The molecule has 52 heavy (non-hydrogen) atoms. The summed E-state index contributed by atoms with van der Waals surface area (Å²) in [7, 11) is 0. The molecule has 0 atom stereocenters. The lowest BCUT2D eigenvalue weighted by atomic mass is 9.95. The smallest absolute Gasteiger partial charge is 0.159 e. The molecule has 0 amide bonds. The van der Waals surface area contributed by atoms with Gasteiger partial charge in [-0.05, 0) is 85.5 Å². The number of rotatable bonds is 5. The molecule has 0 aliphatic heterocycles. The highest BCUT2D eigenvalue weighted by Crippen LogP contribution is 2.52. The highest BCUT2D eigenvalue weighted by molar-refractivity contribution is 6.22. The minimum absolute atomic E-state index is 0.444. The van der Waals surface area contributed by atoms with Crippen molar-refractivity contribution in [1.29, 1.82) is 0 Å². The largest absolute Gasteiger partial charge is 0.453 e. The molecule has 0 N–H and O–H groups in total. The Hall–Kier alpha value is -6.90. The van der Waals surface area contributed by atoms with Crippen molar-refractivity contribution >= 4 is 60.5 Å². The molecule has 11 rings (SSSR count). The molecule has 1 heterocycles. The quantitative estimate of drug-likeness (QED) is 0.178. The Labute approximate surface area is 345 Å². The normalized spacial score (nSPS) is 20.2. The fourth-order valence-corrected chi connectivity index (χ4v) is 6.36. The van der Waals surface area contributed by atoms with Gasteiger partial charge in [0.2, 0.25) is 0 Å². The number of nitrogens with zero attached hydrogens (tertiary/aromatic N) is 1. The van der Waals surface area contributed by atoms with Gasteiger partial charge in [0.15, 0.2) is 5.58 Å². The number of hydrogen-bond acceptors (Lipinski definition) is 2. The summed E-state index contributed by atoms with van der Waals surface area (Å²) in [6, 6.07) is -30.5. The number of benzene rings is 9. The van der Waals surface area contributed by atoms with Gasteiger partial charge in [-0.3, -0.25) is 0 Å². The van der Waals surface area contributed by atoms with Gasteiger partial charge in [-0.2, -0.15) is 0 Å². The molecule has 0 saturated heterocycles.